The largest absolute Gasteiger partial charge is 0.414 e. The molecule has 0 aromatic heterocycles. The van der Waals surface area contributed by atoms with E-state index in [1.807, 2.05) is 0 Å². The van der Waals surface area contributed by atoms with Gasteiger partial charge >= 0.3 is 30.6 Å². The van der Waals surface area contributed by atoms with Gasteiger partial charge in [0.25, 0.3) is 10.8 Å². The Balaban J connectivity index is 3.95. The molecule has 1 rings (SSSR count). The van der Waals surface area contributed by atoms with E-state index in [0.29, 0.717) is 0 Å². The molecule has 0 aromatic carbocycles. The van der Waals surface area contributed by atoms with E-state index in [1.165, 1.54) is 0 Å². The van der Waals surface area contributed by atoms with E-state index in [2.05, 4.69) is 0 Å². The summed E-state index contributed by atoms with van der Waals surface area (Å²) in [6, 6.07) is 0. The average molecular weight is 377 g/mol. The fraction of sp³-hybridized carbons (Fsp3) is 0.875. The van der Waals surface area contributed by atoms with Crippen molar-refractivity contribution in [3.63, 3.8) is 0 Å². The molecule has 0 heterocycles. The molecule has 1 aliphatic rings. The lowest BCUT2D eigenvalue weighted by atomic mass is 9.45. The SMILES string of the molecule is N=C1C(C(F)(F)F)(C(F)(F)F)C(F)(F)C1(C(F)(F)F)C(F)(F)F. The number of alkyl halides is 14. The minimum absolute atomic E-state index is 4.27. The zero-order valence-electron chi connectivity index (χ0n) is 9.79. The van der Waals surface area contributed by atoms with Crippen LogP contribution in [0, 0.1) is 16.2 Å². The first-order chi connectivity index (χ1) is 9.65. The molecule has 0 bridgehead atoms. The van der Waals surface area contributed by atoms with Crippen molar-refractivity contribution in [1.82, 2.24) is 0 Å². The Bertz CT molecular complexity index is 441. The highest BCUT2D eigenvalue weighted by Gasteiger charge is 3.07. The van der Waals surface area contributed by atoms with Crippen LogP contribution >= 0.6 is 0 Å². The van der Waals surface area contributed by atoms with Gasteiger partial charge in [-0.2, -0.15) is 52.7 Å². The first-order valence-electron chi connectivity index (χ1n) is 4.90. The van der Waals surface area contributed by atoms with Crippen LogP contribution in [0.3, 0.4) is 0 Å². The van der Waals surface area contributed by atoms with Gasteiger partial charge in [0.05, 0.1) is 5.71 Å². The lowest BCUT2D eigenvalue weighted by molar-refractivity contribution is -0.477. The molecule has 0 saturated heterocycles. The minimum Gasteiger partial charge on any atom is -0.307 e. The first-order valence-corrected chi connectivity index (χ1v) is 4.90. The Morgan fingerprint density at radius 3 is 0.783 bits per heavy atom. The number of halogens is 14. The predicted octanol–water partition coefficient (Wildman–Crippen LogP) is 4.88. The van der Waals surface area contributed by atoms with Crippen molar-refractivity contribution in [2.75, 3.05) is 0 Å². The van der Waals surface area contributed by atoms with E-state index in [1.54, 1.807) is 0 Å². The maximum atomic E-state index is 13.4. The third-order valence-electron chi connectivity index (χ3n) is 3.39. The predicted molar refractivity (Wildman–Crippen MR) is 41.8 cm³/mol. The highest BCUT2D eigenvalue weighted by molar-refractivity contribution is 6.05. The summed E-state index contributed by atoms with van der Waals surface area (Å²) >= 11 is 0. The van der Waals surface area contributed by atoms with Crippen molar-refractivity contribution in [1.29, 1.82) is 5.41 Å². The van der Waals surface area contributed by atoms with Gasteiger partial charge in [0.1, 0.15) is 0 Å². The normalized spacial score (nSPS) is 24.3. The van der Waals surface area contributed by atoms with Gasteiger partial charge in [0.2, 0.25) is 0 Å². The van der Waals surface area contributed by atoms with Crippen molar-refractivity contribution >= 4 is 5.71 Å². The summed E-state index contributed by atoms with van der Waals surface area (Å²) in [5, 5.41) is 6.16. The fourth-order valence-corrected chi connectivity index (χ4v) is 2.41. The molecule has 1 aliphatic carbocycles. The van der Waals surface area contributed by atoms with Crippen LogP contribution in [-0.4, -0.2) is 36.3 Å². The summed E-state index contributed by atoms with van der Waals surface area (Å²) in [6.07, 6.45) is -29.3. The zero-order chi connectivity index (χ0) is 19.1. The fourth-order valence-electron chi connectivity index (χ4n) is 2.41. The van der Waals surface area contributed by atoms with Gasteiger partial charge in [-0.3, -0.25) is 0 Å². The van der Waals surface area contributed by atoms with Crippen LogP contribution in [0.2, 0.25) is 0 Å². The molecular formula is C8HF14N. The minimum atomic E-state index is -7.47. The molecular weight excluding hydrogens is 376 g/mol. The smallest absolute Gasteiger partial charge is 0.307 e. The molecule has 0 aromatic rings. The Morgan fingerprint density at radius 2 is 0.696 bits per heavy atom. The highest BCUT2D eigenvalue weighted by atomic mass is 19.4. The molecule has 0 unspecified atom stereocenters. The van der Waals surface area contributed by atoms with Crippen LogP contribution in [0.25, 0.3) is 0 Å². The summed E-state index contributed by atoms with van der Waals surface area (Å²) in [5.74, 6) is -7.47. The standard InChI is InChI=1S/C8HF14N/c9-4(10)2(5(11,12)13,6(14,15)16)1(23)3(4,7(17,18)19)8(20,21)22/h23H. The second kappa shape index (κ2) is 4.20. The molecule has 1 N–H and O–H groups in total. The van der Waals surface area contributed by atoms with E-state index in [9.17, 15) is 61.5 Å². The molecule has 0 spiro atoms. The maximum absolute atomic E-state index is 13.4. The third-order valence-corrected chi connectivity index (χ3v) is 3.39. The van der Waals surface area contributed by atoms with Crippen LogP contribution < -0.4 is 0 Å². The first kappa shape index (κ1) is 19.7. The van der Waals surface area contributed by atoms with E-state index in [-0.39, 0.29) is 0 Å². The molecule has 23 heavy (non-hydrogen) atoms. The molecule has 1 fully saturated rings. The number of nitrogens with one attached hydrogen (secondary N) is 1. The van der Waals surface area contributed by atoms with E-state index in [4.69, 9.17) is 5.41 Å². The van der Waals surface area contributed by atoms with Crippen molar-refractivity contribution in [3.8, 4) is 0 Å². The Labute approximate surface area is 115 Å². The molecule has 0 amide bonds. The quantitative estimate of drug-likeness (QED) is 0.583. The number of rotatable bonds is 0. The highest BCUT2D eigenvalue weighted by Crippen LogP contribution is 2.80. The second-order valence-electron chi connectivity index (χ2n) is 4.44. The zero-order valence-corrected chi connectivity index (χ0v) is 9.79. The lowest BCUT2D eigenvalue weighted by Gasteiger charge is -2.61. The van der Waals surface area contributed by atoms with Gasteiger partial charge < -0.3 is 5.41 Å². The van der Waals surface area contributed by atoms with Crippen molar-refractivity contribution in [2.24, 2.45) is 10.8 Å². The number of hydrogen-bond acceptors (Lipinski definition) is 1. The van der Waals surface area contributed by atoms with Gasteiger partial charge in [-0.25, -0.2) is 8.78 Å². The topological polar surface area (TPSA) is 23.9 Å². The summed E-state index contributed by atoms with van der Waals surface area (Å²) < 4.78 is 176. The lowest BCUT2D eigenvalue weighted by Crippen LogP contribution is -2.89. The molecule has 136 valence electrons. The summed E-state index contributed by atoms with van der Waals surface area (Å²) in [4.78, 5) is 0. The van der Waals surface area contributed by atoms with Crippen LogP contribution in [0.15, 0.2) is 0 Å². The molecule has 0 atom stereocenters. The third kappa shape index (κ3) is 1.73. The number of hydrogen-bond donors (Lipinski definition) is 1. The maximum Gasteiger partial charge on any atom is 0.414 e. The van der Waals surface area contributed by atoms with Crippen LogP contribution in [0.5, 0.6) is 0 Å². The van der Waals surface area contributed by atoms with Gasteiger partial charge in [0.15, 0.2) is 0 Å². The van der Waals surface area contributed by atoms with Gasteiger partial charge in [-0.15, -0.1) is 0 Å². The van der Waals surface area contributed by atoms with E-state index >= 15 is 0 Å². The van der Waals surface area contributed by atoms with Crippen LogP contribution in [0.4, 0.5) is 61.5 Å². The summed E-state index contributed by atoms with van der Waals surface area (Å²) in [6.45, 7) is 0. The van der Waals surface area contributed by atoms with E-state index < -0.39 is 47.2 Å². The van der Waals surface area contributed by atoms with Crippen molar-refractivity contribution in [3.05, 3.63) is 0 Å². The van der Waals surface area contributed by atoms with Crippen LogP contribution in [-0.2, 0) is 0 Å². The molecule has 0 aliphatic heterocycles. The molecule has 1 saturated carbocycles. The Kier molecular flexibility index (Phi) is 3.61. The molecule has 0 radical (unpaired) electrons. The molecule has 1 nitrogen and oxygen atoms in total. The van der Waals surface area contributed by atoms with Crippen LogP contribution in [0.1, 0.15) is 0 Å². The molecule has 15 heteroatoms. The Hall–Kier alpha value is -1.31. The second-order valence-corrected chi connectivity index (χ2v) is 4.44. The van der Waals surface area contributed by atoms with Gasteiger partial charge in [0, 0.05) is 0 Å². The Morgan fingerprint density at radius 1 is 0.522 bits per heavy atom. The van der Waals surface area contributed by atoms with Gasteiger partial charge in [-0.1, -0.05) is 0 Å². The average Bonchev–Trinajstić information content (AvgIpc) is 2.04. The summed E-state index contributed by atoms with van der Waals surface area (Å²) in [7, 11) is 0. The van der Waals surface area contributed by atoms with E-state index in [0.717, 1.165) is 0 Å². The van der Waals surface area contributed by atoms with Crippen molar-refractivity contribution < 1.29 is 61.5 Å². The monoisotopic (exact) mass is 377 g/mol. The van der Waals surface area contributed by atoms with Crippen molar-refractivity contribution in [2.45, 2.75) is 30.6 Å². The van der Waals surface area contributed by atoms with Gasteiger partial charge in [-0.05, 0) is 0 Å². The summed E-state index contributed by atoms with van der Waals surface area (Å²) in [5.41, 5.74) is -18.1.